The molecule has 2 aromatic heterocycles. The summed E-state index contributed by atoms with van der Waals surface area (Å²) in [6.45, 7) is 2.49. The number of aryl methyl sites for hydroxylation is 2. The van der Waals surface area contributed by atoms with Crippen LogP contribution in [0.3, 0.4) is 0 Å². The van der Waals surface area contributed by atoms with E-state index in [1.165, 1.54) is 0 Å². The molecule has 0 saturated heterocycles. The second kappa shape index (κ2) is 6.15. The standard InChI is InChI=1S/C15H18N4O3/c1-10(16-2)9-13-17-14(22-18-13)7-8-19-11-5-3-4-6-12(11)21-15(19)20/h3-6,10,16H,7-9H2,1-2H3. The molecule has 0 bridgehead atoms. The van der Waals surface area contributed by atoms with E-state index in [1.807, 2.05) is 32.2 Å². The van der Waals surface area contributed by atoms with E-state index < -0.39 is 0 Å². The van der Waals surface area contributed by atoms with Gasteiger partial charge < -0.3 is 14.3 Å². The van der Waals surface area contributed by atoms with Crippen molar-refractivity contribution in [1.82, 2.24) is 20.0 Å². The first kappa shape index (κ1) is 14.5. The largest absolute Gasteiger partial charge is 0.419 e. The van der Waals surface area contributed by atoms with Gasteiger partial charge >= 0.3 is 5.76 Å². The van der Waals surface area contributed by atoms with Crippen molar-refractivity contribution in [3.05, 3.63) is 46.5 Å². The molecule has 7 nitrogen and oxygen atoms in total. The minimum Gasteiger partial charge on any atom is -0.408 e. The van der Waals surface area contributed by atoms with Crippen LogP contribution in [0.25, 0.3) is 11.1 Å². The molecule has 1 N–H and O–H groups in total. The van der Waals surface area contributed by atoms with Crippen molar-refractivity contribution < 1.29 is 8.94 Å². The fraction of sp³-hybridized carbons (Fsp3) is 0.400. The maximum absolute atomic E-state index is 11.9. The Kier molecular flexibility index (Phi) is 4.06. The first-order valence-electron chi connectivity index (χ1n) is 7.24. The van der Waals surface area contributed by atoms with Crippen LogP contribution in [0, 0.1) is 0 Å². The molecule has 0 radical (unpaired) electrons. The molecular weight excluding hydrogens is 284 g/mol. The van der Waals surface area contributed by atoms with E-state index in [-0.39, 0.29) is 11.8 Å². The van der Waals surface area contributed by atoms with E-state index in [0.29, 0.717) is 36.7 Å². The van der Waals surface area contributed by atoms with Crippen LogP contribution in [0.5, 0.6) is 0 Å². The van der Waals surface area contributed by atoms with Crippen LogP contribution in [0.1, 0.15) is 18.6 Å². The third-order valence-electron chi connectivity index (χ3n) is 3.61. The minimum atomic E-state index is -0.371. The Hall–Kier alpha value is -2.41. The zero-order chi connectivity index (χ0) is 15.5. The molecule has 1 atom stereocenters. The summed E-state index contributed by atoms with van der Waals surface area (Å²) in [5, 5.41) is 7.08. The molecule has 0 aliphatic heterocycles. The second-order valence-electron chi connectivity index (χ2n) is 5.24. The molecule has 1 unspecified atom stereocenters. The van der Waals surface area contributed by atoms with E-state index in [2.05, 4.69) is 15.5 Å². The number of para-hydroxylation sites is 2. The number of oxazole rings is 1. The second-order valence-corrected chi connectivity index (χ2v) is 5.24. The molecular formula is C15H18N4O3. The molecule has 22 heavy (non-hydrogen) atoms. The number of hydrogen-bond acceptors (Lipinski definition) is 6. The summed E-state index contributed by atoms with van der Waals surface area (Å²) >= 11 is 0. The highest BCUT2D eigenvalue weighted by Crippen LogP contribution is 2.12. The van der Waals surface area contributed by atoms with Gasteiger partial charge in [0.25, 0.3) is 0 Å². The highest BCUT2D eigenvalue weighted by atomic mass is 16.5. The van der Waals surface area contributed by atoms with Crippen LogP contribution in [-0.2, 0) is 19.4 Å². The van der Waals surface area contributed by atoms with Gasteiger partial charge in [-0.15, -0.1) is 0 Å². The van der Waals surface area contributed by atoms with Crippen LogP contribution < -0.4 is 11.1 Å². The molecule has 3 rings (SSSR count). The fourth-order valence-corrected chi connectivity index (χ4v) is 2.28. The average molecular weight is 302 g/mol. The summed E-state index contributed by atoms with van der Waals surface area (Å²) in [5.74, 6) is 0.821. The van der Waals surface area contributed by atoms with E-state index in [9.17, 15) is 4.79 Å². The summed E-state index contributed by atoms with van der Waals surface area (Å²) in [6, 6.07) is 7.62. The van der Waals surface area contributed by atoms with Crippen molar-refractivity contribution in [3.8, 4) is 0 Å². The van der Waals surface area contributed by atoms with Gasteiger partial charge in [0.05, 0.1) is 5.52 Å². The summed E-state index contributed by atoms with van der Waals surface area (Å²) in [5.41, 5.74) is 1.36. The summed E-state index contributed by atoms with van der Waals surface area (Å²) in [7, 11) is 1.89. The number of rotatable bonds is 6. The van der Waals surface area contributed by atoms with Gasteiger partial charge in [0, 0.05) is 25.4 Å². The Balaban J connectivity index is 1.72. The molecule has 0 fully saturated rings. The maximum atomic E-state index is 11.9. The zero-order valence-electron chi connectivity index (χ0n) is 12.6. The first-order chi connectivity index (χ1) is 10.7. The quantitative estimate of drug-likeness (QED) is 0.740. The van der Waals surface area contributed by atoms with Gasteiger partial charge in [-0.25, -0.2) is 4.79 Å². The summed E-state index contributed by atoms with van der Waals surface area (Å²) in [4.78, 5) is 16.2. The van der Waals surface area contributed by atoms with Gasteiger partial charge in [0.1, 0.15) is 0 Å². The van der Waals surface area contributed by atoms with Crippen LogP contribution in [0.4, 0.5) is 0 Å². The lowest BCUT2D eigenvalue weighted by atomic mass is 10.2. The van der Waals surface area contributed by atoms with Crippen molar-refractivity contribution in [3.63, 3.8) is 0 Å². The number of likely N-dealkylation sites (N-methyl/N-ethyl adjacent to an activating group) is 1. The lowest BCUT2D eigenvalue weighted by Crippen LogP contribution is -2.24. The van der Waals surface area contributed by atoms with Gasteiger partial charge in [-0.1, -0.05) is 17.3 Å². The maximum Gasteiger partial charge on any atom is 0.419 e. The third kappa shape index (κ3) is 2.94. The number of aromatic nitrogens is 3. The Bertz CT molecular complexity index is 817. The van der Waals surface area contributed by atoms with E-state index in [1.54, 1.807) is 10.6 Å². The molecule has 0 spiro atoms. The highest BCUT2D eigenvalue weighted by molar-refractivity contribution is 5.72. The number of nitrogens with zero attached hydrogens (tertiary/aromatic N) is 3. The van der Waals surface area contributed by atoms with Gasteiger partial charge in [0.15, 0.2) is 11.4 Å². The molecule has 0 aliphatic carbocycles. The van der Waals surface area contributed by atoms with Crippen molar-refractivity contribution in [1.29, 1.82) is 0 Å². The average Bonchev–Trinajstić information content (AvgIpc) is 3.08. The molecule has 116 valence electrons. The lowest BCUT2D eigenvalue weighted by Gasteiger charge is -2.04. The van der Waals surface area contributed by atoms with Crippen molar-refractivity contribution >= 4 is 11.1 Å². The molecule has 0 amide bonds. The van der Waals surface area contributed by atoms with Gasteiger partial charge in [-0.05, 0) is 26.1 Å². The first-order valence-corrected chi connectivity index (χ1v) is 7.24. The normalized spacial score (nSPS) is 12.8. The lowest BCUT2D eigenvalue weighted by molar-refractivity contribution is 0.363. The van der Waals surface area contributed by atoms with Crippen molar-refractivity contribution in [2.75, 3.05) is 7.05 Å². The molecule has 0 saturated carbocycles. The molecule has 1 aromatic carbocycles. The Morgan fingerprint density at radius 3 is 3.00 bits per heavy atom. The van der Waals surface area contributed by atoms with Crippen molar-refractivity contribution in [2.24, 2.45) is 0 Å². The Labute approximate surface area is 126 Å². The van der Waals surface area contributed by atoms with Crippen LogP contribution in [0.2, 0.25) is 0 Å². The minimum absolute atomic E-state index is 0.283. The molecule has 7 heteroatoms. The molecule has 2 heterocycles. The number of hydrogen-bond donors (Lipinski definition) is 1. The van der Waals surface area contributed by atoms with E-state index in [4.69, 9.17) is 8.94 Å². The van der Waals surface area contributed by atoms with Crippen LogP contribution >= 0.6 is 0 Å². The van der Waals surface area contributed by atoms with E-state index in [0.717, 1.165) is 5.52 Å². The van der Waals surface area contributed by atoms with E-state index >= 15 is 0 Å². The highest BCUT2D eigenvalue weighted by Gasteiger charge is 2.12. The monoisotopic (exact) mass is 302 g/mol. The predicted octanol–water partition coefficient (Wildman–Crippen LogP) is 1.37. The smallest absolute Gasteiger partial charge is 0.408 e. The topological polar surface area (TPSA) is 86.1 Å². The summed E-state index contributed by atoms with van der Waals surface area (Å²) in [6.07, 6.45) is 1.19. The third-order valence-corrected chi connectivity index (χ3v) is 3.61. The fourth-order valence-electron chi connectivity index (χ4n) is 2.28. The molecule has 3 aromatic rings. The predicted molar refractivity (Wildman–Crippen MR) is 80.7 cm³/mol. The van der Waals surface area contributed by atoms with Crippen molar-refractivity contribution in [2.45, 2.75) is 32.4 Å². The van der Waals surface area contributed by atoms with Gasteiger partial charge in [-0.2, -0.15) is 4.98 Å². The molecule has 0 aliphatic rings. The van der Waals surface area contributed by atoms with Crippen LogP contribution in [-0.4, -0.2) is 27.8 Å². The number of nitrogens with one attached hydrogen (secondary N) is 1. The van der Waals surface area contributed by atoms with Crippen LogP contribution in [0.15, 0.2) is 38.0 Å². The number of benzene rings is 1. The number of fused-ring (bicyclic) bond motifs is 1. The zero-order valence-corrected chi connectivity index (χ0v) is 12.6. The SMILES string of the molecule is CNC(C)Cc1noc(CCn2c(=O)oc3ccccc32)n1. The van der Waals surface area contributed by atoms with Gasteiger partial charge in [0.2, 0.25) is 5.89 Å². The Morgan fingerprint density at radius 2 is 2.18 bits per heavy atom. The van der Waals surface area contributed by atoms with Gasteiger partial charge in [-0.3, -0.25) is 4.57 Å². The Morgan fingerprint density at radius 1 is 1.36 bits per heavy atom. The summed E-state index contributed by atoms with van der Waals surface area (Å²) < 4.78 is 12.0.